The van der Waals surface area contributed by atoms with Gasteiger partial charge in [-0.3, -0.25) is 0 Å². The number of unbranched alkanes of at least 4 members (excludes halogenated alkanes) is 6. The van der Waals surface area contributed by atoms with Crippen molar-refractivity contribution in [3.63, 3.8) is 0 Å². The molecule has 0 saturated carbocycles. The second-order valence-electron chi connectivity index (χ2n) is 5.70. The predicted molar refractivity (Wildman–Crippen MR) is 95.4 cm³/mol. The number of carboxylic acids is 1. The summed E-state index contributed by atoms with van der Waals surface area (Å²) < 4.78 is 5.17. The molecule has 0 atom stereocenters. The molecule has 4 heteroatoms. The summed E-state index contributed by atoms with van der Waals surface area (Å²) >= 11 is 0. The summed E-state index contributed by atoms with van der Waals surface area (Å²) in [5, 5.41) is 7.89. The minimum Gasteiger partial charge on any atom is -0.478 e. The highest BCUT2D eigenvalue weighted by molar-refractivity contribution is 5.87. The van der Waals surface area contributed by atoms with Gasteiger partial charge in [-0.05, 0) is 26.2 Å². The molecule has 0 bridgehead atoms. The average Bonchev–Trinajstić information content (AvgIpc) is 2.51. The van der Waals surface area contributed by atoms with Crippen LogP contribution in [-0.4, -0.2) is 23.7 Å². The van der Waals surface area contributed by atoms with E-state index >= 15 is 0 Å². The van der Waals surface area contributed by atoms with Gasteiger partial charge < -0.3 is 9.84 Å². The number of aliphatic carboxylic acids is 1. The maximum absolute atomic E-state index is 11.5. The van der Waals surface area contributed by atoms with Crippen LogP contribution in [0.15, 0.2) is 24.3 Å². The molecule has 23 heavy (non-hydrogen) atoms. The Balaban J connectivity index is 0. The number of carbonyl (C=O) groups is 2. The molecule has 0 aromatic rings. The highest BCUT2D eigenvalue weighted by Crippen LogP contribution is 2.10. The van der Waals surface area contributed by atoms with E-state index in [0.29, 0.717) is 12.2 Å². The van der Waals surface area contributed by atoms with Gasteiger partial charge in [0.05, 0.1) is 6.61 Å². The van der Waals surface area contributed by atoms with Gasteiger partial charge in [-0.15, -0.1) is 0 Å². The molecule has 0 saturated heterocycles. The molecule has 0 aliphatic carbocycles. The third-order valence-corrected chi connectivity index (χ3v) is 3.22. The Morgan fingerprint density at radius 1 is 0.913 bits per heavy atom. The molecule has 0 fully saturated rings. The molecule has 0 aromatic carbocycles. The Labute approximate surface area is 141 Å². The quantitative estimate of drug-likeness (QED) is 0.301. The molecule has 1 N–H and O–H groups in total. The van der Waals surface area contributed by atoms with Crippen molar-refractivity contribution >= 4 is 11.9 Å². The topological polar surface area (TPSA) is 63.6 Å². The maximum atomic E-state index is 11.5. The van der Waals surface area contributed by atoms with Crippen LogP contribution in [0, 0.1) is 0 Å². The zero-order valence-electron chi connectivity index (χ0n) is 15.2. The molecule has 134 valence electrons. The summed E-state index contributed by atoms with van der Waals surface area (Å²) in [7, 11) is 0. The standard InChI is InChI=1S/C15H28O2.C4H6O2/c1-4-6-8-10-12-14(3)15(16)17-13-11-9-7-5-2;1-3(2)4(5)6/h3-13H2,1-2H3;1H2,2H3,(H,5,6). The maximum Gasteiger partial charge on any atom is 0.333 e. The summed E-state index contributed by atoms with van der Waals surface area (Å²) in [4.78, 5) is 21.1. The fraction of sp³-hybridized carbons (Fsp3) is 0.684. The van der Waals surface area contributed by atoms with Crippen molar-refractivity contribution in [1.29, 1.82) is 0 Å². The van der Waals surface area contributed by atoms with E-state index in [4.69, 9.17) is 9.84 Å². The van der Waals surface area contributed by atoms with Crippen molar-refractivity contribution < 1.29 is 19.4 Å². The number of carbonyl (C=O) groups excluding carboxylic acids is 1. The van der Waals surface area contributed by atoms with E-state index in [1.165, 1.54) is 39.0 Å². The first-order chi connectivity index (χ1) is 10.9. The van der Waals surface area contributed by atoms with E-state index in [1.807, 2.05) is 0 Å². The number of rotatable bonds is 12. The summed E-state index contributed by atoms with van der Waals surface area (Å²) in [5.41, 5.74) is 0.812. The Morgan fingerprint density at radius 2 is 1.39 bits per heavy atom. The van der Waals surface area contributed by atoms with E-state index in [9.17, 15) is 9.59 Å². The van der Waals surface area contributed by atoms with E-state index < -0.39 is 5.97 Å². The van der Waals surface area contributed by atoms with Crippen molar-refractivity contribution in [3.05, 3.63) is 24.3 Å². The van der Waals surface area contributed by atoms with E-state index in [-0.39, 0.29) is 11.5 Å². The summed E-state index contributed by atoms with van der Waals surface area (Å²) in [6, 6.07) is 0. The zero-order chi connectivity index (χ0) is 18.1. The smallest absolute Gasteiger partial charge is 0.333 e. The lowest BCUT2D eigenvalue weighted by atomic mass is 10.1. The van der Waals surface area contributed by atoms with Gasteiger partial charge in [0.1, 0.15) is 0 Å². The van der Waals surface area contributed by atoms with Gasteiger partial charge in [0.15, 0.2) is 0 Å². The second kappa shape index (κ2) is 16.8. The molecule has 0 aliphatic heterocycles. The molecular weight excluding hydrogens is 292 g/mol. The fourth-order valence-corrected chi connectivity index (χ4v) is 1.66. The van der Waals surface area contributed by atoms with Crippen LogP contribution in [0.3, 0.4) is 0 Å². The lowest BCUT2D eigenvalue weighted by Gasteiger charge is -2.06. The second-order valence-corrected chi connectivity index (χ2v) is 5.70. The van der Waals surface area contributed by atoms with E-state index in [1.54, 1.807) is 0 Å². The number of esters is 1. The van der Waals surface area contributed by atoms with Gasteiger partial charge in [-0.1, -0.05) is 65.5 Å². The number of hydrogen-bond acceptors (Lipinski definition) is 3. The van der Waals surface area contributed by atoms with Crippen molar-refractivity contribution in [3.8, 4) is 0 Å². The molecular formula is C19H34O4. The molecule has 0 amide bonds. The SMILES string of the molecule is C=C(C)C(=O)O.C=C(CCCCCC)C(=O)OCCCCCC. The predicted octanol–water partition coefficient (Wildman–Crippen LogP) is 5.28. The van der Waals surface area contributed by atoms with Crippen LogP contribution in [0.25, 0.3) is 0 Å². The first-order valence-corrected chi connectivity index (χ1v) is 8.60. The van der Waals surface area contributed by atoms with Crippen LogP contribution in [0.2, 0.25) is 0 Å². The Morgan fingerprint density at radius 3 is 1.83 bits per heavy atom. The van der Waals surface area contributed by atoms with Crippen molar-refractivity contribution in [1.82, 2.24) is 0 Å². The van der Waals surface area contributed by atoms with Crippen molar-refractivity contribution in [2.24, 2.45) is 0 Å². The molecule has 0 aliphatic rings. The molecule has 0 radical (unpaired) electrons. The van der Waals surface area contributed by atoms with Gasteiger partial charge in [0, 0.05) is 11.1 Å². The van der Waals surface area contributed by atoms with Crippen LogP contribution in [0.5, 0.6) is 0 Å². The van der Waals surface area contributed by atoms with E-state index in [0.717, 1.165) is 25.7 Å². The molecule has 4 nitrogen and oxygen atoms in total. The van der Waals surface area contributed by atoms with Gasteiger partial charge in [-0.25, -0.2) is 9.59 Å². The molecule has 0 heterocycles. The zero-order valence-corrected chi connectivity index (χ0v) is 15.2. The van der Waals surface area contributed by atoms with Crippen LogP contribution in [0.4, 0.5) is 0 Å². The Bertz CT molecular complexity index is 346. The van der Waals surface area contributed by atoms with Crippen molar-refractivity contribution in [2.45, 2.75) is 78.6 Å². The average molecular weight is 326 g/mol. The van der Waals surface area contributed by atoms with Crippen LogP contribution >= 0.6 is 0 Å². The number of hydrogen-bond donors (Lipinski definition) is 1. The van der Waals surface area contributed by atoms with Gasteiger partial charge in [0.2, 0.25) is 0 Å². The van der Waals surface area contributed by atoms with Crippen LogP contribution < -0.4 is 0 Å². The first-order valence-electron chi connectivity index (χ1n) is 8.60. The van der Waals surface area contributed by atoms with Crippen LogP contribution in [-0.2, 0) is 14.3 Å². The summed E-state index contributed by atoms with van der Waals surface area (Å²) in [5.74, 6) is -1.13. The highest BCUT2D eigenvalue weighted by Gasteiger charge is 2.07. The normalized spacial score (nSPS) is 9.52. The summed E-state index contributed by atoms with van der Waals surface area (Å²) in [6.07, 6.45) is 10.0. The first kappa shape index (κ1) is 23.7. The summed E-state index contributed by atoms with van der Waals surface area (Å²) in [6.45, 7) is 13.3. The van der Waals surface area contributed by atoms with E-state index in [2.05, 4.69) is 27.0 Å². The third-order valence-electron chi connectivity index (χ3n) is 3.22. The minimum absolute atomic E-state index is 0.176. The highest BCUT2D eigenvalue weighted by atomic mass is 16.5. The lowest BCUT2D eigenvalue weighted by Crippen LogP contribution is -2.08. The Hall–Kier alpha value is -1.58. The number of ether oxygens (including phenoxy) is 1. The molecule has 0 aromatic heterocycles. The van der Waals surface area contributed by atoms with Gasteiger partial charge in [-0.2, -0.15) is 0 Å². The van der Waals surface area contributed by atoms with Gasteiger partial charge >= 0.3 is 11.9 Å². The largest absolute Gasteiger partial charge is 0.478 e. The van der Waals surface area contributed by atoms with Crippen LogP contribution in [0.1, 0.15) is 78.6 Å². The molecule has 0 rings (SSSR count). The lowest BCUT2D eigenvalue weighted by molar-refractivity contribution is -0.139. The molecule has 0 unspecified atom stereocenters. The van der Waals surface area contributed by atoms with Gasteiger partial charge in [0.25, 0.3) is 0 Å². The third kappa shape index (κ3) is 18.4. The monoisotopic (exact) mass is 326 g/mol. The number of carboxylic acid groups (broad SMARTS) is 1. The Kier molecular flexibility index (Phi) is 17.3. The minimum atomic E-state index is -0.935. The molecule has 0 spiro atoms. The fourth-order valence-electron chi connectivity index (χ4n) is 1.66. The van der Waals surface area contributed by atoms with Crippen molar-refractivity contribution in [2.75, 3.05) is 6.61 Å².